The molecule has 1 N–H and O–H groups in total. The monoisotopic (exact) mass is 394 g/mol. The lowest BCUT2D eigenvalue weighted by atomic mass is 10.2. The molecule has 0 aliphatic heterocycles. The average Bonchev–Trinajstić information content (AvgIpc) is 3.32. The third kappa shape index (κ3) is 4.03. The second-order valence-corrected chi connectivity index (χ2v) is 6.57. The molecule has 1 saturated carbocycles. The van der Waals surface area contributed by atoms with Gasteiger partial charge in [-0.15, -0.1) is 0 Å². The van der Waals surface area contributed by atoms with Crippen molar-refractivity contribution in [3.05, 3.63) is 58.1 Å². The molecular formula is C17H16BrFN2O3. The maximum Gasteiger partial charge on any atom is 0.355 e. The van der Waals surface area contributed by atoms with Crippen LogP contribution in [-0.4, -0.2) is 34.4 Å². The third-order valence-electron chi connectivity index (χ3n) is 3.80. The minimum Gasteiger partial charge on any atom is -0.451 e. The van der Waals surface area contributed by atoms with Gasteiger partial charge < -0.3 is 14.6 Å². The number of halogens is 2. The summed E-state index contributed by atoms with van der Waals surface area (Å²) in [4.78, 5) is 28.6. The van der Waals surface area contributed by atoms with E-state index in [1.54, 1.807) is 35.4 Å². The molecule has 1 fully saturated rings. The number of H-pyrrole nitrogens is 1. The predicted octanol–water partition coefficient (Wildman–Crippen LogP) is 3.26. The van der Waals surface area contributed by atoms with Crippen LogP contribution in [0, 0.1) is 5.82 Å². The number of aromatic amines is 1. The highest BCUT2D eigenvalue weighted by Crippen LogP contribution is 2.29. The van der Waals surface area contributed by atoms with Crippen molar-refractivity contribution in [2.45, 2.75) is 25.4 Å². The summed E-state index contributed by atoms with van der Waals surface area (Å²) in [5.74, 6) is -1.26. The summed E-state index contributed by atoms with van der Waals surface area (Å²) >= 11 is 3.23. The number of rotatable bonds is 6. The zero-order valence-electron chi connectivity index (χ0n) is 12.8. The summed E-state index contributed by atoms with van der Waals surface area (Å²) in [6.45, 7) is -0.178. The van der Waals surface area contributed by atoms with Gasteiger partial charge in [0.05, 0.1) is 0 Å². The van der Waals surface area contributed by atoms with Gasteiger partial charge in [0.15, 0.2) is 6.61 Å². The van der Waals surface area contributed by atoms with Gasteiger partial charge in [0.25, 0.3) is 5.91 Å². The standard InChI is InChI=1S/C17H16BrFN2O3/c18-12-7-15(20-8-12)17(23)24-10-16(22)21(13-5-6-13)9-11-3-1-2-4-14(11)19/h1-4,7-8,13,20H,5-6,9-10H2. The Bertz CT molecular complexity index is 758. The first-order valence-corrected chi connectivity index (χ1v) is 8.38. The Kier molecular flexibility index (Phi) is 4.99. The van der Waals surface area contributed by atoms with E-state index < -0.39 is 5.97 Å². The lowest BCUT2D eigenvalue weighted by molar-refractivity contribution is -0.135. The summed E-state index contributed by atoms with van der Waals surface area (Å²) in [6.07, 6.45) is 3.38. The Labute approximate surface area is 146 Å². The Hall–Kier alpha value is -2.15. The summed E-state index contributed by atoms with van der Waals surface area (Å²) in [7, 11) is 0. The van der Waals surface area contributed by atoms with Crippen molar-refractivity contribution < 1.29 is 18.7 Å². The fraction of sp³-hybridized carbons (Fsp3) is 0.294. The molecule has 1 aliphatic carbocycles. The second-order valence-electron chi connectivity index (χ2n) is 5.65. The quantitative estimate of drug-likeness (QED) is 0.764. The van der Waals surface area contributed by atoms with Crippen LogP contribution in [0.5, 0.6) is 0 Å². The fourth-order valence-electron chi connectivity index (χ4n) is 2.39. The first kappa shape index (κ1) is 16.7. The lowest BCUT2D eigenvalue weighted by Gasteiger charge is -2.22. The summed E-state index contributed by atoms with van der Waals surface area (Å²) in [6, 6.07) is 8.03. The van der Waals surface area contributed by atoms with Gasteiger partial charge in [0.1, 0.15) is 11.5 Å². The highest BCUT2D eigenvalue weighted by atomic mass is 79.9. The van der Waals surface area contributed by atoms with E-state index in [1.807, 2.05) is 0 Å². The zero-order valence-corrected chi connectivity index (χ0v) is 14.4. The maximum absolute atomic E-state index is 13.8. The number of hydrogen-bond acceptors (Lipinski definition) is 3. The predicted molar refractivity (Wildman–Crippen MR) is 88.7 cm³/mol. The molecule has 0 unspecified atom stereocenters. The molecule has 3 rings (SSSR count). The lowest BCUT2D eigenvalue weighted by Crippen LogP contribution is -2.36. The highest BCUT2D eigenvalue weighted by Gasteiger charge is 2.33. The SMILES string of the molecule is O=C(OCC(=O)N(Cc1ccccc1F)C1CC1)c1cc(Br)c[nH]1. The Morgan fingerprint density at radius 1 is 1.33 bits per heavy atom. The molecule has 1 aliphatic rings. The van der Waals surface area contributed by atoms with Gasteiger partial charge in [0.2, 0.25) is 0 Å². The molecule has 126 valence electrons. The smallest absolute Gasteiger partial charge is 0.355 e. The van der Waals surface area contributed by atoms with Crippen LogP contribution in [0.25, 0.3) is 0 Å². The number of nitrogens with zero attached hydrogens (tertiary/aromatic N) is 1. The zero-order chi connectivity index (χ0) is 17.1. The van der Waals surface area contributed by atoms with Crippen molar-refractivity contribution in [3.63, 3.8) is 0 Å². The Balaban J connectivity index is 1.61. The van der Waals surface area contributed by atoms with Gasteiger partial charge in [-0.2, -0.15) is 0 Å². The number of aromatic nitrogens is 1. The van der Waals surface area contributed by atoms with Crippen molar-refractivity contribution in [1.82, 2.24) is 9.88 Å². The molecule has 1 amide bonds. The van der Waals surface area contributed by atoms with Crippen LogP contribution in [0.4, 0.5) is 4.39 Å². The topological polar surface area (TPSA) is 62.4 Å². The van der Waals surface area contributed by atoms with E-state index >= 15 is 0 Å². The number of hydrogen-bond donors (Lipinski definition) is 1. The van der Waals surface area contributed by atoms with Crippen LogP contribution in [0.3, 0.4) is 0 Å². The number of carbonyl (C=O) groups is 2. The maximum atomic E-state index is 13.8. The molecule has 1 heterocycles. The van der Waals surface area contributed by atoms with Gasteiger partial charge >= 0.3 is 5.97 Å². The van der Waals surface area contributed by atoms with Crippen molar-refractivity contribution in [1.29, 1.82) is 0 Å². The van der Waals surface area contributed by atoms with Gasteiger partial charge in [0, 0.05) is 28.8 Å². The largest absolute Gasteiger partial charge is 0.451 e. The highest BCUT2D eigenvalue weighted by molar-refractivity contribution is 9.10. The molecule has 0 radical (unpaired) electrons. The molecule has 1 aromatic carbocycles. The first-order chi connectivity index (χ1) is 11.5. The molecule has 0 atom stereocenters. The number of esters is 1. The van der Waals surface area contributed by atoms with Gasteiger partial charge in [-0.25, -0.2) is 9.18 Å². The Morgan fingerprint density at radius 2 is 2.08 bits per heavy atom. The van der Waals surface area contributed by atoms with E-state index in [-0.39, 0.29) is 36.6 Å². The van der Waals surface area contributed by atoms with Crippen molar-refractivity contribution in [2.24, 2.45) is 0 Å². The Morgan fingerprint density at radius 3 is 2.71 bits per heavy atom. The fourth-order valence-corrected chi connectivity index (χ4v) is 2.73. The summed E-state index contributed by atoms with van der Waals surface area (Å²) in [5, 5.41) is 0. The number of benzene rings is 1. The van der Waals surface area contributed by atoms with Crippen molar-refractivity contribution in [3.8, 4) is 0 Å². The normalized spacial score (nSPS) is 13.6. The van der Waals surface area contributed by atoms with Crippen LogP contribution >= 0.6 is 15.9 Å². The summed E-state index contributed by atoms with van der Waals surface area (Å²) < 4.78 is 19.6. The van der Waals surface area contributed by atoms with Crippen molar-refractivity contribution >= 4 is 27.8 Å². The number of ether oxygens (including phenoxy) is 1. The van der Waals surface area contributed by atoms with Crippen LogP contribution in [-0.2, 0) is 16.1 Å². The van der Waals surface area contributed by atoms with Crippen LogP contribution in [0.1, 0.15) is 28.9 Å². The van der Waals surface area contributed by atoms with Crippen LogP contribution < -0.4 is 0 Å². The van der Waals surface area contributed by atoms with Crippen LogP contribution in [0.2, 0.25) is 0 Å². The molecule has 0 bridgehead atoms. The molecule has 7 heteroatoms. The number of amides is 1. The van der Waals surface area contributed by atoms with Crippen LogP contribution in [0.15, 0.2) is 41.0 Å². The molecule has 1 aromatic heterocycles. The summed E-state index contributed by atoms with van der Waals surface area (Å²) in [5.41, 5.74) is 0.721. The average molecular weight is 395 g/mol. The van der Waals surface area contributed by atoms with Crippen molar-refractivity contribution in [2.75, 3.05) is 6.61 Å². The molecular weight excluding hydrogens is 379 g/mol. The minimum atomic E-state index is -0.601. The van der Waals surface area contributed by atoms with E-state index in [2.05, 4.69) is 20.9 Å². The van der Waals surface area contributed by atoms with Gasteiger partial charge in [-0.3, -0.25) is 4.79 Å². The molecule has 0 saturated heterocycles. The molecule has 0 spiro atoms. The molecule has 5 nitrogen and oxygen atoms in total. The first-order valence-electron chi connectivity index (χ1n) is 7.58. The third-order valence-corrected chi connectivity index (χ3v) is 4.26. The number of carbonyl (C=O) groups excluding carboxylic acids is 2. The molecule has 2 aromatic rings. The molecule has 24 heavy (non-hydrogen) atoms. The van der Waals surface area contributed by atoms with Gasteiger partial charge in [-0.1, -0.05) is 18.2 Å². The van der Waals surface area contributed by atoms with E-state index in [4.69, 9.17) is 4.74 Å². The van der Waals surface area contributed by atoms with E-state index in [0.717, 1.165) is 17.3 Å². The van der Waals surface area contributed by atoms with Gasteiger partial charge in [-0.05, 0) is 40.9 Å². The second kappa shape index (κ2) is 7.17. The van der Waals surface area contributed by atoms with E-state index in [0.29, 0.717) is 5.56 Å². The van der Waals surface area contributed by atoms with E-state index in [1.165, 1.54) is 6.07 Å². The number of nitrogens with one attached hydrogen (secondary N) is 1. The van der Waals surface area contributed by atoms with E-state index in [9.17, 15) is 14.0 Å². The minimum absolute atomic E-state index is 0.0930.